The molecule has 0 aromatic rings. The third kappa shape index (κ3) is 22.5. The van der Waals surface area contributed by atoms with Gasteiger partial charge < -0.3 is 9.29 Å². The molecule has 0 bridgehead atoms. The summed E-state index contributed by atoms with van der Waals surface area (Å²) in [6, 6.07) is 0. The number of hydrogen-bond acceptors (Lipinski definition) is 5. The molecule has 0 atom stereocenters. The highest BCUT2D eigenvalue weighted by Gasteiger charge is 1.79. The van der Waals surface area contributed by atoms with Crippen LogP contribution in [0.15, 0.2) is 12.3 Å². The molecule has 0 spiro atoms. The topological polar surface area (TPSA) is 78.7 Å². The van der Waals surface area contributed by atoms with Crippen LogP contribution in [0.25, 0.3) is 0 Å². The fourth-order valence-corrected chi connectivity index (χ4v) is 0.286. The third-order valence-corrected chi connectivity index (χ3v) is 1.21. The standard InChI is InChI=1S/C6H12NO.CH4O4S/c1-7(2)5-4-6-8-3;1-5-6(2,3)4/h4-6H,1-3H3;1H3,(H,2,3,4)/q+1;/p-1/b6-4+;. The monoisotopic (exact) mass is 225 g/mol. The smallest absolute Gasteiger partial charge is 0.217 e. The SMILES string of the molecule is CO/C=C/C=[N+](C)C.COS(=O)(=O)[O-]. The van der Waals surface area contributed by atoms with Gasteiger partial charge in [0, 0.05) is 6.08 Å². The van der Waals surface area contributed by atoms with Gasteiger partial charge in [-0.15, -0.1) is 0 Å². The molecular formula is C7H15NO5S. The van der Waals surface area contributed by atoms with Crippen molar-refractivity contribution in [1.29, 1.82) is 0 Å². The van der Waals surface area contributed by atoms with Crippen LogP contribution < -0.4 is 0 Å². The van der Waals surface area contributed by atoms with Crippen LogP contribution in [-0.4, -0.2) is 52.1 Å². The summed E-state index contributed by atoms with van der Waals surface area (Å²) in [6.07, 6.45) is 5.36. The van der Waals surface area contributed by atoms with Gasteiger partial charge in [-0.3, -0.25) is 4.18 Å². The quantitative estimate of drug-likeness (QED) is 0.214. The Bertz CT molecular complexity index is 276. The van der Waals surface area contributed by atoms with E-state index in [1.165, 1.54) is 0 Å². The van der Waals surface area contributed by atoms with Crippen LogP contribution in [0.5, 0.6) is 0 Å². The Morgan fingerprint density at radius 3 is 1.93 bits per heavy atom. The zero-order valence-electron chi connectivity index (χ0n) is 8.63. The van der Waals surface area contributed by atoms with E-state index in [-0.39, 0.29) is 0 Å². The molecule has 0 radical (unpaired) electrons. The molecule has 0 saturated heterocycles. The highest BCUT2D eigenvalue weighted by molar-refractivity contribution is 7.80. The predicted molar refractivity (Wildman–Crippen MR) is 51.0 cm³/mol. The van der Waals surface area contributed by atoms with Crippen molar-refractivity contribution in [2.75, 3.05) is 28.3 Å². The predicted octanol–water partition coefficient (Wildman–Crippen LogP) is -0.418. The van der Waals surface area contributed by atoms with Crippen LogP contribution in [0.3, 0.4) is 0 Å². The molecule has 0 amide bonds. The van der Waals surface area contributed by atoms with Gasteiger partial charge in [0.2, 0.25) is 10.4 Å². The van der Waals surface area contributed by atoms with Crippen molar-refractivity contribution < 1.29 is 26.5 Å². The summed E-state index contributed by atoms with van der Waals surface area (Å²) in [5, 5.41) is 0. The van der Waals surface area contributed by atoms with Crippen molar-refractivity contribution in [2.45, 2.75) is 0 Å². The van der Waals surface area contributed by atoms with E-state index in [1.54, 1.807) is 13.4 Å². The highest BCUT2D eigenvalue weighted by Crippen LogP contribution is 1.74. The van der Waals surface area contributed by atoms with Gasteiger partial charge in [-0.2, -0.15) is 0 Å². The molecule has 0 rings (SSSR count). The lowest BCUT2D eigenvalue weighted by atomic mass is 10.7. The van der Waals surface area contributed by atoms with Crippen LogP contribution in [0.1, 0.15) is 0 Å². The van der Waals surface area contributed by atoms with Crippen LogP contribution in [0, 0.1) is 0 Å². The van der Waals surface area contributed by atoms with Gasteiger partial charge in [0.05, 0.1) is 20.5 Å². The average molecular weight is 225 g/mol. The molecule has 0 fully saturated rings. The van der Waals surface area contributed by atoms with Crippen molar-refractivity contribution in [2.24, 2.45) is 0 Å². The van der Waals surface area contributed by atoms with Crippen LogP contribution in [-0.2, 0) is 19.3 Å². The summed E-state index contributed by atoms with van der Waals surface area (Å²) in [7, 11) is 1.94. The average Bonchev–Trinajstić information content (AvgIpc) is 2.04. The molecule has 6 nitrogen and oxygen atoms in total. The first-order chi connectivity index (χ1) is 6.33. The lowest BCUT2D eigenvalue weighted by Gasteiger charge is -1.98. The molecule has 0 heterocycles. The summed E-state index contributed by atoms with van der Waals surface area (Å²) >= 11 is 0. The molecule has 0 saturated carbocycles. The Hall–Kier alpha value is -0.920. The van der Waals surface area contributed by atoms with Gasteiger partial charge >= 0.3 is 0 Å². The van der Waals surface area contributed by atoms with E-state index < -0.39 is 10.4 Å². The van der Waals surface area contributed by atoms with E-state index in [2.05, 4.69) is 8.92 Å². The largest absolute Gasteiger partial charge is 0.726 e. The number of nitrogens with zero attached hydrogens (tertiary/aromatic N) is 1. The van der Waals surface area contributed by atoms with E-state index in [1.807, 2.05) is 31.0 Å². The minimum absolute atomic E-state index is 0.808. The van der Waals surface area contributed by atoms with Gasteiger partial charge in [-0.05, 0) is 0 Å². The Balaban J connectivity index is 0. The third-order valence-electron chi connectivity index (χ3n) is 0.803. The maximum absolute atomic E-state index is 9.22. The van der Waals surface area contributed by atoms with Crippen LogP contribution >= 0.6 is 0 Å². The molecule has 0 aromatic carbocycles. The lowest BCUT2D eigenvalue weighted by molar-refractivity contribution is -0.458. The normalized spacial score (nSPS) is 10.4. The van der Waals surface area contributed by atoms with E-state index in [0.29, 0.717) is 0 Å². The Labute approximate surface area is 84.4 Å². The molecule has 0 unspecified atom stereocenters. The maximum Gasteiger partial charge on any atom is 0.217 e. The van der Waals surface area contributed by atoms with Gasteiger partial charge in [0.25, 0.3) is 0 Å². The van der Waals surface area contributed by atoms with Crippen molar-refractivity contribution in [1.82, 2.24) is 0 Å². The zero-order valence-corrected chi connectivity index (χ0v) is 9.45. The van der Waals surface area contributed by atoms with Crippen molar-refractivity contribution in [3.8, 4) is 0 Å². The fraction of sp³-hybridized carbons (Fsp3) is 0.571. The van der Waals surface area contributed by atoms with Crippen molar-refractivity contribution >= 4 is 16.6 Å². The molecule has 84 valence electrons. The van der Waals surface area contributed by atoms with E-state index in [0.717, 1.165) is 7.11 Å². The Morgan fingerprint density at radius 2 is 1.71 bits per heavy atom. The Morgan fingerprint density at radius 1 is 1.29 bits per heavy atom. The Kier molecular flexibility index (Phi) is 9.63. The fourth-order valence-electron chi connectivity index (χ4n) is 0.286. The summed E-state index contributed by atoms with van der Waals surface area (Å²) in [5.41, 5.74) is 0. The molecular weight excluding hydrogens is 210 g/mol. The molecule has 0 aromatic heterocycles. The van der Waals surface area contributed by atoms with Gasteiger partial charge in [-0.25, -0.2) is 13.0 Å². The molecule has 0 aliphatic heterocycles. The number of ether oxygens (including phenoxy) is 1. The van der Waals surface area contributed by atoms with Crippen molar-refractivity contribution in [3.05, 3.63) is 12.3 Å². The first-order valence-electron chi connectivity index (χ1n) is 3.54. The maximum atomic E-state index is 9.22. The summed E-state index contributed by atoms with van der Waals surface area (Å²) in [4.78, 5) is 0. The van der Waals surface area contributed by atoms with Gasteiger partial charge in [-0.1, -0.05) is 0 Å². The van der Waals surface area contributed by atoms with Crippen molar-refractivity contribution in [3.63, 3.8) is 0 Å². The summed E-state index contributed by atoms with van der Waals surface area (Å²) < 4.78 is 37.6. The van der Waals surface area contributed by atoms with Gasteiger partial charge in [0.15, 0.2) is 6.21 Å². The van der Waals surface area contributed by atoms with E-state index in [4.69, 9.17) is 0 Å². The summed E-state index contributed by atoms with van der Waals surface area (Å²) in [6.45, 7) is 0. The number of methoxy groups -OCH3 is 1. The van der Waals surface area contributed by atoms with Gasteiger partial charge in [0.1, 0.15) is 14.1 Å². The van der Waals surface area contributed by atoms with Crippen LogP contribution in [0.2, 0.25) is 0 Å². The van der Waals surface area contributed by atoms with Crippen LogP contribution in [0.4, 0.5) is 0 Å². The highest BCUT2D eigenvalue weighted by atomic mass is 32.3. The lowest BCUT2D eigenvalue weighted by Crippen LogP contribution is -1.97. The number of rotatable bonds is 3. The second-order valence-corrected chi connectivity index (χ2v) is 3.40. The summed E-state index contributed by atoms with van der Waals surface area (Å²) in [5.74, 6) is 0. The second-order valence-electron chi connectivity index (χ2n) is 2.25. The number of hydrogen-bond donors (Lipinski definition) is 0. The molecule has 7 heteroatoms. The first-order valence-corrected chi connectivity index (χ1v) is 4.87. The number of allylic oxidation sites excluding steroid dienone is 1. The molecule has 0 aliphatic carbocycles. The first kappa shape index (κ1) is 15.5. The minimum atomic E-state index is -4.41. The second kappa shape index (κ2) is 8.67. The molecule has 14 heavy (non-hydrogen) atoms. The van der Waals surface area contributed by atoms with E-state index in [9.17, 15) is 13.0 Å². The van der Waals surface area contributed by atoms with E-state index >= 15 is 0 Å². The molecule has 0 N–H and O–H groups in total. The zero-order chi connectivity index (χ0) is 11.6. The molecule has 0 aliphatic rings. The minimum Gasteiger partial charge on any atom is -0.726 e.